The second kappa shape index (κ2) is 12.8. The molecule has 8 nitrogen and oxygen atoms in total. The van der Waals surface area contributed by atoms with E-state index in [4.69, 9.17) is 14.2 Å². The molecule has 0 fully saturated rings. The molecule has 36 heavy (non-hydrogen) atoms. The van der Waals surface area contributed by atoms with Crippen LogP contribution in [0.1, 0.15) is 29.8 Å². The van der Waals surface area contributed by atoms with Crippen molar-refractivity contribution in [2.75, 3.05) is 52.9 Å². The van der Waals surface area contributed by atoms with E-state index in [0.29, 0.717) is 43.2 Å². The van der Waals surface area contributed by atoms with Crippen LogP contribution in [0.3, 0.4) is 0 Å². The fourth-order valence-electron chi connectivity index (χ4n) is 4.35. The van der Waals surface area contributed by atoms with Gasteiger partial charge in [-0.3, -0.25) is 14.5 Å². The fraction of sp³-hybridized carbons (Fsp3) is 0.481. The van der Waals surface area contributed by atoms with Crippen LogP contribution in [0.4, 0.5) is 10.1 Å². The summed E-state index contributed by atoms with van der Waals surface area (Å²) in [6, 6.07) is 11.6. The summed E-state index contributed by atoms with van der Waals surface area (Å²) in [4.78, 5) is 29.3. The number of ether oxygens (including phenoxy) is 3. The number of amides is 2. The molecule has 0 saturated carbocycles. The maximum atomic E-state index is 13.8. The molecule has 0 unspecified atom stereocenters. The van der Waals surface area contributed by atoms with Gasteiger partial charge < -0.3 is 24.4 Å². The zero-order valence-electron chi connectivity index (χ0n) is 21.6. The van der Waals surface area contributed by atoms with Crippen LogP contribution in [0.5, 0.6) is 5.75 Å². The first-order valence-electron chi connectivity index (χ1n) is 12.0. The summed E-state index contributed by atoms with van der Waals surface area (Å²) in [5.74, 6) is -0.304. The number of methoxy groups -OCH3 is 2. The number of hydrogen-bond donors (Lipinski definition) is 1. The van der Waals surface area contributed by atoms with Crippen molar-refractivity contribution in [2.45, 2.75) is 32.5 Å². The van der Waals surface area contributed by atoms with Gasteiger partial charge in [0, 0.05) is 52.6 Å². The topological polar surface area (TPSA) is 80.3 Å². The zero-order chi connectivity index (χ0) is 26.2. The number of likely N-dealkylation sites (N-methyl/N-ethyl adjacent to an activating group) is 1. The Kier molecular flexibility index (Phi) is 9.81. The summed E-state index contributed by atoms with van der Waals surface area (Å²) >= 11 is 0. The molecule has 0 aromatic heterocycles. The fourth-order valence-corrected chi connectivity index (χ4v) is 4.35. The zero-order valence-corrected chi connectivity index (χ0v) is 21.6. The summed E-state index contributed by atoms with van der Waals surface area (Å²) in [5.41, 5.74) is 1.70. The van der Waals surface area contributed by atoms with Crippen LogP contribution in [0.25, 0.3) is 0 Å². The van der Waals surface area contributed by atoms with E-state index in [-0.39, 0.29) is 42.3 Å². The molecule has 0 aliphatic carbocycles. The number of halogens is 1. The third kappa shape index (κ3) is 7.25. The van der Waals surface area contributed by atoms with Gasteiger partial charge in [-0.1, -0.05) is 19.1 Å². The third-order valence-electron chi connectivity index (χ3n) is 6.41. The largest absolute Gasteiger partial charge is 0.491 e. The van der Waals surface area contributed by atoms with Crippen LogP contribution in [-0.4, -0.2) is 81.3 Å². The van der Waals surface area contributed by atoms with Gasteiger partial charge in [-0.05, 0) is 48.7 Å². The summed E-state index contributed by atoms with van der Waals surface area (Å²) < 4.78 is 30.6. The van der Waals surface area contributed by atoms with Gasteiger partial charge in [0.15, 0.2) is 0 Å². The first-order valence-corrected chi connectivity index (χ1v) is 12.0. The minimum absolute atomic E-state index is 0.0330. The van der Waals surface area contributed by atoms with Crippen LogP contribution in [0.2, 0.25) is 0 Å². The average Bonchev–Trinajstić information content (AvgIpc) is 2.84. The van der Waals surface area contributed by atoms with Gasteiger partial charge in [0.05, 0.1) is 11.7 Å². The number of carbonyl (C=O) groups excluding carboxylic acids is 2. The van der Waals surface area contributed by atoms with E-state index in [0.717, 1.165) is 5.56 Å². The van der Waals surface area contributed by atoms with Crippen molar-refractivity contribution in [1.29, 1.82) is 0 Å². The number of hydrogen-bond acceptors (Lipinski definition) is 6. The van der Waals surface area contributed by atoms with Crippen molar-refractivity contribution in [3.63, 3.8) is 0 Å². The molecule has 0 radical (unpaired) electrons. The van der Waals surface area contributed by atoms with Crippen molar-refractivity contribution in [3.8, 4) is 5.75 Å². The third-order valence-corrected chi connectivity index (χ3v) is 6.41. The number of anilines is 1. The maximum Gasteiger partial charge on any atom is 0.257 e. The molecule has 2 aromatic rings. The molecule has 3 atom stereocenters. The Morgan fingerprint density at radius 1 is 1.17 bits per heavy atom. The highest BCUT2D eigenvalue weighted by molar-refractivity contribution is 5.99. The van der Waals surface area contributed by atoms with E-state index in [1.54, 1.807) is 49.4 Å². The molecule has 196 valence electrons. The molecule has 0 saturated heterocycles. The van der Waals surface area contributed by atoms with E-state index < -0.39 is 0 Å². The Morgan fingerprint density at radius 2 is 1.94 bits per heavy atom. The lowest BCUT2D eigenvalue weighted by atomic mass is 10.0. The lowest BCUT2D eigenvalue weighted by Gasteiger charge is -2.36. The van der Waals surface area contributed by atoms with Crippen molar-refractivity contribution < 1.29 is 28.2 Å². The molecule has 3 rings (SSSR count). The monoisotopic (exact) mass is 501 g/mol. The predicted molar refractivity (Wildman–Crippen MR) is 136 cm³/mol. The van der Waals surface area contributed by atoms with E-state index in [1.807, 2.05) is 13.0 Å². The molecule has 2 aromatic carbocycles. The highest BCUT2D eigenvalue weighted by Crippen LogP contribution is 2.27. The highest BCUT2D eigenvalue weighted by Gasteiger charge is 2.28. The van der Waals surface area contributed by atoms with Crippen molar-refractivity contribution in [2.24, 2.45) is 5.92 Å². The normalized spacial score (nSPS) is 21.7. The minimum Gasteiger partial charge on any atom is -0.491 e. The summed E-state index contributed by atoms with van der Waals surface area (Å²) in [6.07, 6.45) is -0.213. The number of fused-ring (bicyclic) bond motifs is 1. The Morgan fingerprint density at radius 3 is 2.64 bits per heavy atom. The molecule has 0 spiro atoms. The van der Waals surface area contributed by atoms with Gasteiger partial charge in [-0.25, -0.2) is 4.39 Å². The van der Waals surface area contributed by atoms with Gasteiger partial charge in [-0.15, -0.1) is 0 Å². The summed E-state index contributed by atoms with van der Waals surface area (Å²) in [7, 11) is 4.81. The number of nitrogens with zero attached hydrogens (tertiary/aromatic N) is 2. The Balaban J connectivity index is 1.92. The Bertz CT molecular complexity index is 1050. The van der Waals surface area contributed by atoms with E-state index in [1.165, 1.54) is 13.2 Å². The number of carbonyl (C=O) groups is 2. The van der Waals surface area contributed by atoms with Crippen molar-refractivity contribution in [3.05, 3.63) is 59.4 Å². The second-order valence-electron chi connectivity index (χ2n) is 9.35. The molecule has 1 aliphatic rings. The molecule has 1 heterocycles. The van der Waals surface area contributed by atoms with Gasteiger partial charge in [-0.2, -0.15) is 0 Å². The molecular formula is C27H36FN3O5. The molecular weight excluding hydrogens is 465 g/mol. The molecule has 9 heteroatoms. The predicted octanol–water partition coefficient (Wildman–Crippen LogP) is 3.42. The van der Waals surface area contributed by atoms with Crippen molar-refractivity contribution >= 4 is 17.5 Å². The Labute approximate surface area is 212 Å². The van der Waals surface area contributed by atoms with Crippen LogP contribution >= 0.6 is 0 Å². The van der Waals surface area contributed by atoms with Crippen LogP contribution in [0, 0.1) is 11.7 Å². The number of rotatable bonds is 6. The van der Waals surface area contributed by atoms with Gasteiger partial charge >= 0.3 is 0 Å². The standard InChI is InChI=1S/C27H36FN3O5/c1-18-13-31(14-20-7-6-8-21(28)11-20)19(2)16-36-24-10-9-22(29-26(32)17-34-4)12-23(24)27(33)30(3)15-25(18)35-5/h6-12,18-19,25H,13-17H2,1-5H3,(H,29,32)/t18-,19+,25-/m0/s1. The van der Waals surface area contributed by atoms with Gasteiger partial charge in [0.1, 0.15) is 24.8 Å². The van der Waals surface area contributed by atoms with Crippen LogP contribution in [0.15, 0.2) is 42.5 Å². The smallest absolute Gasteiger partial charge is 0.257 e. The average molecular weight is 502 g/mol. The second-order valence-corrected chi connectivity index (χ2v) is 9.35. The first-order chi connectivity index (χ1) is 17.2. The summed E-state index contributed by atoms with van der Waals surface area (Å²) in [5, 5.41) is 2.74. The minimum atomic E-state index is -0.317. The van der Waals surface area contributed by atoms with Crippen LogP contribution < -0.4 is 10.1 Å². The molecule has 2 amide bonds. The molecule has 0 bridgehead atoms. The van der Waals surface area contributed by atoms with Crippen LogP contribution in [-0.2, 0) is 20.8 Å². The quantitative estimate of drug-likeness (QED) is 0.654. The van der Waals surface area contributed by atoms with E-state index >= 15 is 0 Å². The first kappa shape index (κ1) is 27.6. The lowest BCUT2D eigenvalue weighted by Crippen LogP contribution is -2.46. The van der Waals surface area contributed by atoms with Gasteiger partial charge in [0.2, 0.25) is 5.91 Å². The van der Waals surface area contributed by atoms with Crippen molar-refractivity contribution in [1.82, 2.24) is 9.80 Å². The number of nitrogens with one attached hydrogen (secondary N) is 1. The highest BCUT2D eigenvalue weighted by atomic mass is 19.1. The molecule has 1 N–H and O–H groups in total. The maximum absolute atomic E-state index is 13.8. The SMILES string of the molecule is COCC(=O)Nc1ccc2c(c1)C(=O)N(C)C[C@H](OC)[C@@H](C)CN(Cc1cccc(F)c1)[C@H](C)CO2. The number of benzene rings is 2. The molecule has 1 aliphatic heterocycles. The lowest BCUT2D eigenvalue weighted by molar-refractivity contribution is -0.119. The van der Waals surface area contributed by atoms with Gasteiger partial charge in [0.25, 0.3) is 5.91 Å². The van der Waals surface area contributed by atoms with E-state index in [2.05, 4.69) is 17.1 Å². The Hall–Kier alpha value is -3.01. The van der Waals surface area contributed by atoms with E-state index in [9.17, 15) is 14.0 Å². The summed E-state index contributed by atoms with van der Waals surface area (Å²) in [6.45, 7) is 5.97.